The molecule has 0 atom stereocenters. The minimum atomic E-state index is -6.02. The van der Waals surface area contributed by atoms with Gasteiger partial charge in [0.05, 0.1) is 0 Å². The number of hydrogen-bond donors (Lipinski definition) is 18. The SMILES string of the molecule is O=P(O)(O)O.O=P(O)(O)O.O=P(O)(O)O[C@H]1[C@H](OP(=O)(O)O)[C@@H](OP(=O)(O)O)[C@H](OP(=O)(O)O)[C@@H](OP(=O)(O)O)[C@H]1OP(=O)(O)O. The molecule has 32 nitrogen and oxygen atoms in total. The van der Waals surface area contributed by atoms with E-state index < -0.39 is 99.2 Å². The molecule has 1 rings (SSSR count). The smallest absolute Gasteiger partial charge is 0.303 e. The zero-order chi connectivity index (χ0) is 37.7. The highest BCUT2D eigenvalue weighted by Gasteiger charge is 2.62. The normalized spacial score (nSPS) is 25.5. The summed E-state index contributed by atoms with van der Waals surface area (Å²) in [6.07, 6.45) is -18.9. The summed E-state index contributed by atoms with van der Waals surface area (Å²) in [5.41, 5.74) is 0. The van der Waals surface area contributed by atoms with E-state index in [0.29, 0.717) is 0 Å². The second-order valence-corrected chi connectivity index (χ2v) is 16.6. The van der Waals surface area contributed by atoms with Crippen LogP contribution in [-0.4, -0.2) is 125 Å². The van der Waals surface area contributed by atoms with Crippen LogP contribution in [-0.2, 0) is 63.7 Å². The molecule has 0 aromatic carbocycles. The van der Waals surface area contributed by atoms with Crippen LogP contribution in [0, 0.1) is 0 Å². The summed E-state index contributed by atoms with van der Waals surface area (Å²) < 4.78 is 111. The topological polar surface area (TPSA) is 556 Å². The predicted octanol–water partition coefficient (Wildman–Crippen LogP) is -4.99. The van der Waals surface area contributed by atoms with E-state index in [-0.39, 0.29) is 0 Å². The van der Waals surface area contributed by atoms with E-state index >= 15 is 0 Å². The molecule has 0 saturated heterocycles. The van der Waals surface area contributed by atoms with Crippen LogP contribution >= 0.6 is 62.6 Å². The molecule has 0 aliphatic heterocycles. The van der Waals surface area contributed by atoms with Gasteiger partial charge < -0.3 is 88.1 Å². The standard InChI is InChI=1S/C6H18O24P6.2H3O4P/c7-31(8,9)25-1-2(26-32(10,11)12)4(28-34(16,17)18)6(30-36(22,23)24)5(29-35(19,20)21)3(1)27-33(13,14)15;2*1-5(2,3)4/h1-6H,(H2,7,8,9)(H2,10,11,12)(H2,13,14,15)(H2,16,17,18)(H2,19,20,21)(H2,22,23,24);2*(H3,1,2,3,4)/t1-,2-,3-,4+,5-,6-;;. The fourth-order valence-electron chi connectivity index (χ4n) is 2.79. The Morgan fingerprint density at radius 3 is 0.348 bits per heavy atom. The summed E-state index contributed by atoms with van der Waals surface area (Å²) in [6, 6.07) is 0. The minimum absolute atomic E-state index is 3.14. The van der Waals surface area contributed by atoms with Gasteiger partial charge in [0.15, 0.2) is 0 Å². The first-order valence-corrected chi connectivity index (χ1v) is 21.9. The molecule has 1 aliphatic rings. The van der Waals surface area contributed by atoms with Crippen LogP contribution in [0.1, 0.15) is 0 Å². The van der Waals surface area contributed by atoms with Crippen molar-refractivity contribution in [3.63, 3.8) is 0 Å². The third kappa shape index (κ3) is 28.7. The van der Waals surface area contributed by atoms with Crippen molar-refractivity contribution >= 4 is 62.6 Å². The van der Waals surface area contributed by atoms with Crippen molar-refractivity contribution in [2.75, 3.05) is 0 Å². The quantitative estimate of drug-likeness (QED) is 0.0817. The average molecular weight is 856 g/mol. The second kappa shape index (κ2) is 17.4. The molecule has 0 radical (unpaired) electrons. The van der Waals surface area contributed by atoms with Crippen molar-refractivity contribution in [1.29, 1.82) is 0 Å². The van der Waals surface area contributed by atoms with Crippen molar-refractivity contribution in [1.82, 2.24) is 0 Å². The Hall–Kier alpha value is 0.880. The molecule has 1 saturated carbocycles. The fourth-order valence-corrected chi connectivity index (χ4v) is 6.14. The third-order valence-electron chi connectivity index (χ3n) is 3.50. The van der Waals surface area contributed by atoms with Gasteiger partial charge in [-0.15, -0.1) is 0 Å². The van der Waals surface area contributed by atoms with Gasteiger partial charge in [0.25, 0.3) is 0 Å². The maximum absolute atomic E-state index is 11.4. The van der Waals surface area contributed by atoms with Gasteiger partial charge in [-0.3, -0.25) is 27.1 Å². The average Bonchev–Trinajstić information content (AvgIpc) is 2.62. The number of hydrogen-bond acceptors (Lipinski definition) is 14. The van der Waals surface area contributed by atoms with Crippen LogP contribution in [0.3, 0.4) is 0 Å². The molecule has 0 bridgehead atoms. The van der Waals surface area contributed by atoms with Crippen molar-refractivity contribution in [3.05, 3.63) is 0 Å². The van der Waals surface area contributed by atoms with Crippen molar-refractivity contribution in [2.45, 2.75) is 36.6 Å². The van der Waals surface area contributed by atoms with Crippen molar-refractivity contribution in [2.24, 2.45) is 0 Å². The summed E-state index contributed by atoms with van der Waals surface area (Å²) in [4.78, 5) is 153. The second-order valence-electron chi connectivity index (χ2n) is 7.39. The van der Waals surface area contributed by atoms with E-state index in [9.17, 15) is 27.4 Å². The molecule has 0 spiro atoms. The van der Waals surface area contributed by atoms with Gasteiger partial charge in [-0.1, -0.05) is 0 Å². The maximum Gasteiger partial charge on any atom is 0.470 e. The molecule has 0 aromatic rings. The van der Waals surface area contributed by atoms with Gasteiger partial charge in [0, 0.05) is 0 Å². The lowest BCUT2D eigenvalue weighted by molar-refractivity contribution is -0.202. The molecule has 0 unspecified atom stereocenters. The Morgan fingerprint density at radius 1 is 0.239 bits per heavy atom. The monoisotopic (exact) mass is 856 g/mol. The number of rotatable bonds is 12. The minimum Gasteiger partial charge on any atom is -0.303 e. The molecule has 40 heteroatoms. The number of phosphoric acid groups is 8. The van der Waals surface area contributed by atoms with Gasteiger partial charge >= 0.3 is 62.6 Å². The van der Waals surface area contributed by atoms with E-state index in [1.54, 1.807) is 0 Å². The molecule has 1 aliphatic carbocycles. The van der Waals surface area contributed by atoms with E-state index in [1.807, 2.05) is 0 Å². The van der Waals surface area contributed by atoms with Crippen LogP contribution in [0.15, 0.2) is 0 Å². The van der Waals surface area contributed by atoms with Gasteiger partial charge in [0.1, 0.15) is 36.6 Å². The Morgan fingerprint density at radius 2 is 0.304 bits per heavy atom. The summed E-state index contributed by atoms with van der Waals surface area (Å²) in [7, 11) is -45.4. The third-order valence-corrected chi connectivity index (χ3v) is 6.61. The van der Waals surface area contributed by atoms with E-state index in [4.69, 9.17) is 97.2 Å². The lowest BCUT2D eigenvalue weighted by Gasteiger charge is -2.48. The Balaban J connectivity index is 0. The van der Waals surface area contributed by atoms with Crippen LogP contribution in [0.25, 0.3) is 0 Å². The molecule has 280 valence electrons. The molecular weight excluding hydrogens is 832 g/mol. The predicted molar refractivity (Wildman–Crippen MR) is 130 cm³/mol. The lowest BCUT2D eigenvalue weighted by atomic mass is 9.85. The lowest BCUT2D eigenvalue weighted by Crippen LogP contribution is -2.66. The van der Waals surface area contributed by atoms with Crippen molar-refractivity contribution in [3.8, 4) is 0 Å². The highest BCUT2D eigenvalue weighted by molar-refractivity contribution is 7.48. The number of phosphoric ester groups is 6. The highest BCUT2D eigenvalue weighted by atomic mass is 31.2. The fraction of sp³-hybridized carbons (Fsp3) is 1.00. The maximum atomic E-state index is 11.4. The van der Waals surface area contributed by atoms with Crippen LogP contribution < -0.4 is 0 Å². The summed E-state index contributed by atoms with van der Waals surface area (Å²) in [5, 5.41) is 0. The zero-order valence-electron chi connectivity index (χ0n) is 20.8. The molecule has 0 heterocycles. The molecule has 18 N–H and O–H groups in total. The van der Waals surface area contributed by atoms with E-state index in [0.717, 1.165) is 0 Å². The summed E-state index contributed by atoms with van der Waals surface area (Å²) >= 11 is 0. The molecule has 0 aromatic heterocycles. The summed E-state index contributed by atoms with van der Waals surface area (Å²) in [6.45, 7) is 0. The largest absolute Gasteiger partial charge is 0.470 e. The Kier molecular flexibility index (Phi) is 18.5. The van der Waals surface area contributed by atoms with Crippen molar-refractivity contribution < 1.29 is 152 Å². The molecular formula is C6H24O32P8. The Labute approximate surface area is 251 Å². The van der Waals surface area contributed by atoms with Gasteiger partial charge in [-0.25, -0.2) is 36.5 Å². The molecule has 1 fully saturated rings. The first-order valence-electron chi connectivity index (χ1n) is 9.57. The van der Waals surface area contributed by atoms with E-state index in [1.165, 1.54) is 0 Å². The van der Waals surface area contributed by atoms with Gasteiger partial charge in [-0.2, -0.15) is 0 Å². The molecule has 46 heavy (non-hydrogen) atoms. The first kappa shape index (κ1) is 49.0. The van der Waals surface area contributed by atoms with Crippen LogP contribution in [0.5, 0.6) is 0 Å². The van der Waals surface area contributed by atoms with Gasteiger partial charge in [0.2, 0.25) is 0 Å². The Bertz CT molecular complexity index is 1090. The summed E-state index contributed by atoms with van der Waals surface area (Å²) in [5.74, 6) is 0. The first-order chi connectivity index (χ1) is 19.6. The van der Waals surface area contributed by atoms with Crippen LogP contribution in [0.4, 0.5) is 0 Å². The van der Waals surface area contributed by atoms with Gasteiger partial charge in [-0.05, 0) is 0 Å². The molecule has 0 amide bonds. The van der Waals surface area contributed by atoms with E-state index in [2.05, 4.69) is 27.1 Å². The van der Waals surface area contributed by atoms with Crippen LogP contribution in [0.2, 0.25) is 0 Å². The zero-order valence-corrected chi connectivity index (χ0v) is 28.0. The highest BCUT2D eigenvalue weighted by Crippen LogP contribution is 2.57.